The summed E-state index contributed by atoms with van der Waals surface area (Å²) in [6.45, 7) is 4.66. The van der Waals surface area contributed by atoms with Gasteiger partial charge in [-0.1, -0.05) is 36.4 Å². The van der Waals surface area contributed by atoms with E-state index in [1.807, 2.05) is 0 Å². The van der Waals surface area contributed by atoms with Crippen LogP contribution in [0.25, 0.3) is 0 Å². The Kier molecular flexibility index (Phi) is 6.73. The van der Waals surface area contributed by atoms with E-state index in [1.165, 1.54) is 62.0 Å². The van der Waals surface area contributed by atoms with Crippen molar-refractivity contribution in [2.24, 2.45) is 0 Å². The van der Waals surface area contributed by atoms with Gasteiger partial charge >= 0.3 is 5.97 Å². The van der Waals surface area contributed by atoms with E-state index >= 15 is 0 Å². The summed E-state index contributed by atoms with van der Waals surface area (Å²) in [5.41, 5.74) is 5.25. The predicted octanol–water partition coefficient (Wildman–Crippen LogP) is 5.29. The number of hydrogen-bond acceptors (Lipinski definition) is 3. The van der Waals surface area contributed by atoms with E-state index in [9.17, 15) is 4.79 Å². The molecule has 0 bridgehead atoms. The van der Waals surface area contributed by atoms with Gasteiger partial charge in [-0.2, -0.15) is 0 Å². The molecular formula is C26H34N2O2. The summed E-state index contributed by atoms with van der Waals surface area (Å²) in [6.07, 6.45) is 7.02. The molecule has 1 saturated heterocycles. The van der Waals surface area contributed by atoms with E-state index in [-0.39, 0.29) is 6.42 Å². The summed E-state index contributed by atoms with van der Waals surface area (Å²) in [6, 6.07) is 18.6. The highest BCUT2D eigenvalue weighted by Crippen LogP contribution is 2.36. The van der Waals surface area contributed by atoms with Crippen LogP contribution in [0.5, 0.6) is 0 Å². The predicted molar refractivity (Wildman–Crippen MR) is 122 cm³/mol. The van der Waals surface area contributed by atoms with Gasteiger partial charge in [-0.15, -0.1) is 0 Å². The van der Waals surface area contributed by atoms with Crippen molar-refractivity contribution in [2.45, 2.75) is 69.9 Å². The maximum Gasteiger partial charge on any atom is 0.303 e. The van der Waals surface area contributed by atoms with E-state index in [0.29, 0.717) is 24.4 Å². The average molecular weight is 407 g/mol. The summed E-state index contributed by atoms with van der Waals surface area (Å²) in [4.78, 5) is 13.3. The minimum absolute atomic E-state index is 0.200. The molecule has 1 aliphatic heterocycles. The second-order valence-electron chi connectivity index (χ2n) is 9.02. The molecule has 2 aliphatic rings. The van der Waals surface area contributed by atoms with Gasteiger partial charge in [0.2, 0.25) is 0 Å². The standard InChI is InChI=1S/C26H34N2O2/c1-19(22-5-4-6-25(18-22)28-15-2-3-16-28)27-24-13-12-23(17-24)21-10-7-20(8-11-21)9-14-26(29)30/h4-8,10-11,18-19,23-24,27H,2-3,9,12-17H2,1H3,(H,29,30)/t19-,23+,24+/m1/s1. The molecule has 0 radical (unpaired) electrons. The number of aryl methyl sites for hydroxylation is 1. The molecule has 2 aromatic carbocycles. The van der Waals surface area contributed by atoms with Crippen LogP contribution in [-0.4, -0.2) is 30.2 Å². The third-order valence-electron chi connectivity index (χ3n) is 6.84. The van der Waals surface area contributed by atoms with Gasteiger partial charge < -0.3 is 15.3 Å². The third kappa shape index (κ3) is 5.23. The molecule has 1 aliphatic carbocycles. The Labute approximate surface area is 180 Å². The smallest absolute Gasteiger partial charge is 0.303 e. The molecule has 30 heavy (non-hydrogen) atoms. The monoisotopic (exact) mass is 406 g/mol. The van der Waals surface area contributed by atoms with E-state index in [1.54, 1.807) is 0 Å². The molecule has 2 N–H and O–H groups in total. The van der Waals surface area contributed by atoms with Crippen LogP contribution >= 0.6 is 0 Å². The lowest BCUT2D eigenvalue weighted by Crippen LogP contribution is -2.29. The van der Waals surface area contributed by atoms with Crippen LogP contribution in [0.2, 0.25) is 0 Å². The number of carbonyl (C=O) groups is 1. The molecule has 3 atom stereocenters. The van der Waals surface area contributed by atoms with Crippen LogP contribution in [0.1, 0.15) is 74.1 Å². The minimum Gasteiger partial charge on any atom is -0.481 e. The molecule has 2 fully saturated rings. The van der Waals surface area contributed by atoms with Gasteiger partial charge in [0.15, 0.2) is 0 Å². The van der Waals surface area contributed by atoms with Crippen molar-refractivity contribution in [1.82, 2.24) is 5.32 Å². The summed E-state index contributed by atoms with van der Waals surface area (Å²) >= 11 is 0. The largest absolute Gasteiger partial charge is 0.481 e. The van der Waals surface area contributed by atoms with Gasteiger partial charge in [0.05, 0.1) is 0 Å². The van der Waals surface area contributed by atoms with E-state index in [0.717, 1.165) is 5.56 Å². The molecule has 0 spiro atoms. The van der Waals surface area contributed by atoms with E-state index < -0.39 is 5.97 Å². The van der Waals surface area contributed by atoms with Gasteiger partial charge in [0.25, 0.3) is 0 Å². The fraction of sp³-hybridized carbons (Fsp3) is 0.500. The molecule has 160 valence electrons. The van der Waals surface area contributed by atoms with Crippen LogP contribution in [0, 0.1) is 0 Å². The highest BCUT2D eigenvalue weighted by molar-refractivity contribution is 5.67. The maximum absolute atomic E-state index is 10.8. The molecule has 4 nitrogen and oxygen atoms in total. The number of nitrogens with one attached hydrogen (secondary N) is 1. The summed E-state index contributed by atoms with van der Waals surface area (Å²) < 4.78 is 0. The lowest BCUT2D eigenvalue weighted by molar-refractivity contribution is -0.136. The highest BCUT2D eigenvalue weighted by atomic mass is 16.4. The van der Waals surface area contributed by atoms with Crippen molar-refractivity contribution in [3.63, 3.8) is 0 Å². The number of carboxylic acids is 1. The summed E-state index contributed by atoms with van der Waals surface area (Å²) in [5, 5.41) is 12.7. The van der Waals surface area contributed by atoms with Crippen molar-refractivity contribution < 1.29 is 9.90 Å². The number of rotatable bonds is 8. The van der Waals surface area contributed by atoms with E-state index in [4.69, 9.17) is 5.11 Å². The minimum atomic E-state index is -0.733. The first-order valence-corrected chi connectivity index (χ1v) is 11.5. The maximum atomic E-state index is 10.8. The summed E-state index contributed by atoms with van der Waals surface area (Å²) in [5.74, 6) is -0.136. The average Bonchev–Trinajstić information content (AvgIpc) is 3.45. The molecule has 0 aromatic heterocycles. The van der Waals surface area contributed by atoms with Gasteiger partial charge in [-0.05, 0) is 80.2 Å². The normalized spacial score (nSPS) is 22.4. The lowest BCUT2D eigenvalue weighted by atomic mass is 9.95. The van der Waals surface area contributed by atoms with Gasteiger partial charge in [-0.3, -0.25) is 4.79 Å². The summed E-state index contributed by atoms with van der Waals surface area (Å²) in [7, 11) is 0. The topological polar surface area (TPSA) is 52.6 Å². The molecular weight excluding hydrogens is 372 g/mol. The first-order valence-electron chi connectivity index (χ1n) is 11.5. The van der Waals surface area contributed by atoms with Crippen LogP contribution in [0.15, 0.2) is 48.5 Å². The van der Waals surface area contributed by atoms with Crippen molar-refractivity contribution in [2.75, 3.05) is 18.0 Å². The van der Waals surface area contributed by atoms with Gasteiger partial charge in [0.1, 0.15) is 0 Å². The zero-order chi connectivity index (χ0) is 20.9. The van der Waals surface area contributed by atoms with E-state index in [2.05, 4.69) is 65.7 Å². The van der Waals surface area contributed by atoms with Gasteiger partial charge in [-0.25, -0.2) is 0 Å². The zero-order valence-electron chi connectivity index (χ0n) is 18.0. The Hall–Kier alpha value is -2.33. The first-order chi connectivity index (χ1) is 14.6. The van der Waals surface area contributed by atoms with Crippen LogP contribution in [-0.2, 0) is 11.2 Å². The number of carboxylic acid groups (broad SMARTS) is 1. The quantitative estimate of drug-likeness (QED) is 0.625. The Bertz CT molecular complexity index is 842. The SMILES string of the molecule is C[C@@H](N[C@H]1CC[C@H](c2ccc(CCC(=O)O)cc2)C1)c1cccc(N2CCCC2)c1. The highest BCUT2D eigenvalue weighted by Gasteiger charge is 2.27. The van der Waals surface area contributed by atoms with Crippen molar-refractivity contribution in [1.29, 1.82) is 0 Å². The lowest BCUT2D eigenvalue weighted by Gasteiger charge is -2.23. The Morgan fingerprint density at radius 1 is 1.13 bits per heavy atom. The molecule has 0 unspecified atom stereocenters. The van der Waals surface area contributed by atoms with Crippen molar-refractivity contribution >= 4 is 11.7 Å². The third-order valence-corrected chi connectivity index (χ3v) is 6.84. The number of anilines is 1. The molecule has 1 saturated carbocycles. The zero-order valence-corrected chi connectivity index (χ0v) is 18.0. The number of hydrogen-bond donors (Lipinski definition) is 2. The van der Waals surface area contributed by atoms with Crippen LogP contribution in [0.4, 0.5) is 5.69 Å². The second kappa shape index (κ2) is 9.65. The Morgan fingerprint density at radius 3 is 2.63 bits per heavy atom. The molecule has 0 amide bonds. The molecule has 2 aromatic rings. The van der Waals surface area contributed by atoms with Gasteiger partial charge in [0, 0.05) is 37.3 Å². The molecule has 1 heterocycles. The Balaban J connectivity index is 1.31. The number of benzene rings is 2. The second-order valence-corrected chi connectivity index (χ2v) is 9.02. The molecule has 4 heteroatoms. The first kappa shape index (κ1) is 20.9. The Morgan fingerprint density at radius 2 is 1.90 bits per heavy atom. The number of nitrogens with zero attached hydrogens (tertiary/aromatic N) is 1. The van der Waals surface area contributed by atoms with Crippen LogP contribution < -0.4 is 10.2 Å². The van der Waals surface area contributed by atoms with Crippen LogP contribution in [0.3, 0.4) is 0 Å². The fourth-order valence-corrected chi connectivity index (χ4v) is 5.06. The van der Waals surface area contributed by atoms with Crippen molar-refractivity contribution in [3.05, 3.63) is 65.2 Å². The van der Waals surface area contributed by atoms with Crippen molar-refractivity contribution in [3.8, 4) is 0 Å². The fourth-order valence-electron chi connectivity index (χ4n) is 5.06. The molecule has 4 rings (SSSR count). The number of aliphatic carboxylic acids is 1.